The molecule has 4 rings (SSSR count). The number of carbonyl (C=O) groups is 2. The smallest absolute Gasteiger partial charge is 0.341 e. The fourth-order valence-corrected chi connectivity index (χ4v) is 5.31. The van der Waals surface area contributed by atoms with Crippen molar-refractivity contribution in [1.29, 1.82) is 5.26 Å². The van der Waals surface area contributed by atoms with E-state index >= 15 is 0 Å². The number of rotatable bonds is 5. The van der Waals surface area contributed by atoms with Crippen LogP contribution < -0.4 is 5.32 Å². The number of hydrogen-bond acceptors (Lipinski definition) is 7. The quantitative estimate of drug-likeness (QED) is 0.341. The van der Waals surface area contributed by atoms with E-state index < -0.39 is 11.9 Å². The standard InChI is InChI=1S/C23H23N5O3S/c1-4-31-23(30)19-15-7-5-6-8-17(15)32-22(19)26-21(29)14(11-24)10-16-18-12(2)9-13(3)25-20(18)28-27-16/h9-10H,4-8H2,1-3H3,(H,26,29)(H,25,27,28)/b14-10+. The number of amides is 1. The zero-order chi connectivity index (χ0) is 22.8. The monoisotopic (exact) mass is 449 g/mol. The van der Waals surface area contributed by atoms with Crippen molar-refractivity contribution in [2.45, 2.75) is 46.5 Å². The lowest BCUT2D eigenvalue weighted by atomic mass is 9.95. The molecule has 0 saturated carbocycles. The summed E-state index contributed by atoms with van der Waals surface area (Å²) in [6.45, 7) is 5.81. The molecule has 3 aromatic heterocycles. The average Bonchev–Trinajstić information content (AvgIpc) is 3.32. The van der Waals surface area contributed by atoms with Gasteiger partial charge in [-0.05, 0) is 69.7 Å². The first-order valence-corrected chi connectivity index (χ1v) is 11.3. The van der Waals surface area contributed by atoms with Crippen LogP contribution >= 0.6 is 11.3 Å². The predicted molar refractivity (Wildman–Crippen MR) is 122 cm³/mol. The fraction of sp³-hybridized carbons (Fsp3) is 0.348. The number of esters is 1. The Labute approximate surface area is 189 Å². The molecule has 0 unspecified atom stereocenters. The lowest BCUT2D eigenvalue weighted by molar-refractivity contribution is -0.112. The van der Waals surface area contributed by atoms with Gasteiger partial charge in [0.05, 0.1) is 17.9 Å². The fourth-order valence-electron chi connectivity index (χ4n) is 4.04. The summed E-state index contributed by atoms with van der Waals surface area (Å²) in [6.07, 6.45) is 5.16. The van der Waals surface area contributed by atoms with Crippen LogP contribution in [0.5, 0.6) is 0 Å². The maximum absolute atomic E-state index is 13.0. The number of aromatic amines is 1. The summed E-state index contributed by atoms with van der Waals surface area (Å²) in [5, 5.41) is 20.7. The van der Waals surface area contributed by atoms with Crippen molar-refractivity contribution in [1.82, 2.24) is 15.2 Å². The van der Waals surface area contributed by atoms with Crippen molar-refractivity contribution in [2.75, 3.05) is 11.9 Å². The van der Waals surface area contributed by atoms with E-state index in [0.717, 1.165) is 52.8 Å². The van der Waals surface area contributed by atoms with Crippen LogP contribution in [0.3, 0.4) is 0 Å². The van der Waals surface area contributed by atoms with E-state index in [1.165, 1.54) is 17.4 Å². The molecule has 2 N–H and O–H groups in total. The molecule has 0 bridgehead atoms. The first-order valence-electron chi connectivity index (χ1n) is 10.5. The predicted octanol–water partition coefficient (Wildman–Crippen LogP) is 4.24. The molecule has 0 saturated heterocycles. The maximum Gasteiger partial charge on any atom is 0.341 e. The number of pyridine rings is 1. The summed E-state index contributed by atoms with van der Waals surface area (Å²) in [7, 11) is 0. The highest BCUT2D eigenvalue weighted by Gasteiger charge is 2.28. The van der Waals surface area contributed by atoms with Gasteiger partial charge in [0.2, 0.25) is 0 Å². The SMILES string of the molecule is CCOC(=O)c1c(NC(=O)/C(C#N)=C/c2[nH]nc3nc(C)cc(C)c23)sc2c1CCCC2. The van der Waals surface area contributed by atoms with Crippen LogP contribution in [0.2, 0.25) is 0 Å². The van der Waals surface area contributed by atoms with E-state index in [0.29, 0.717) is 21.9 Å². The molecular weight excluding hydrogens is 426 g/mol. The molecule has 164 valence electrons. The van der Waals surface area contributed by atoms with Crippen LogP contribution in [-0.2, 0) is 22.4 Å². The first kappa shape index (κ1) is 21.7. The third-order valence-electron chi connectivity index (χ3n) is 5.41. The lowest BCUT2D eigenvalue weighted by Crippen LogP contribution is -2.16. The van der Waals surface area contributed by atoms with E-state index in [2.05, 4.69) is 20.5 Å². The van der Waals surface area contributed by atoms with Gasteiger partial charge in [-0.3, -0.25) is 9.89 Å². The molecular formula is C23H23N5O3S. The number of carbonyl (C=O) groups excluding carboxylic acids is 2. The number of hydrogen-bond donors (Lipinski definition) is 2. The highest BCUT2D eigenvalue weighted by Crippen LogP contribution is 2.38. The lowest BCUT2D eigenvalue weighted by Gasteiger charge is -2.12. The van der Waals surface area contributed by atoms with E-state index in [4.69, 9.17) is 4.74 Å². The molecule has 0 spiro atoms. The zero-order valence-corrected chi connectivity index (χ0v) is 19.0. The van der Waals surface area contributed by atoms with Crippen LogP contribution in [0.25, 0.3) is 17.1 Å². The van der Waals surface area contributed by atoms with Gasteiger partial charge in [-0.25, -0.2) is 9.78 Å². The molecule has 0 aromatic carbocycles. The topological polar surface area (TPSA) is 121 Å². The van der Waals surface area contributed by atoms with E-state index in [-0.39, 0.29) is 12.2 Å². The normalized spacial score (nSPS) is 13.5. The summed E-state index contributed by atoms with van der Waals surface area (Å²) in [5.74, 6) is -1.03. The molecule has 32 heavy (non-hydrogen) atoms. The van der Waals surface area contributed by atoms with Crippen molar-refractivity contribution in [3.05, 3.63) is 44.6 Å². The van der Waals surface area contributed by atoms with E-state index in [1.54, 1.807) is 6.92 Å². The number of H-pyrrole nitrogens is 1. The van der Waals surface area contributed by atoms with Crippen molar-refractivity contribution < 1.29 is 14.3 Å². The summed E-state index contributed by atoms with van der Waals surface area (Å²) >= 11 is 1.39. The number of nitrogens with one attached hydrogen (secondary N) is 2. The molecule has 0 fully saturated rings. The molecule has 8 nitrogen and oxygen atoms in total. The minimum atomic E-state index is -0.586. The molecule has 3 aromatic rings. The van der Waals surface area contributed by atoms with Crippen LogP contribution in [0.15, 0.2) is 11.6 Å². The number of nitrogens with zero attached hydrogens (tertiary/aromatic N) is 3. The number of aryl methyl sites for hydroxylation is 3. The highest BCUT2D eigenvalue weighted by atomic mass is 32.1. The third-order valence-corrected chi connectivity index (χ3v) is 6.62. The van der Waals surface area contributed by atoms with Gasteiger partial charge in [0, 0.05) is 16.0 Å². The summed E-state index contributed by atoms with van der Waals surface area (Å²) in [5.41, 5.74) is 4.12. The Balaban J connectivity index is 1.69. The highest BCUT2D eigenvalue weighted by molar-refractivity contribution is 7.17. The Bertz CT molecular complexity index is 1300. The van der Waals surface area contributed by atoms with E-state index in [9.17, 15) is 14.9 Å². The molecule has 1 amide bonds. The van der Waals surface area contributed by atoms with Crippen molar-refractivity contribution in [2.24, 2.45) is 0 Å². The number of nitriles is 1. The van der Waals surface area contributed by atoms with Gasteiger partial charge in [-0.15, -0.1) is 11.3 Å². The van der Waals surface area contributed by atoms with E-state index in [1.807, 2.05) is 26.0 Å². The van der Waals surface area contributed by atoms with Gasteiger partial charge in [0.25, 0.3) is 5.91 Å². The van der Waals surface area contributed by atoms with Crippen molar-refractivity contribution in [3.63, 3.8) is 0 Å². The number of fused-ring (bicyclic) bond motifs is 2. The Morgan fingerprint density at radius 2 is 2.12 bits per heavy atom. The van der Waals surface area contributed by atoms with Gasteiger partial charge >= 0.3 is 5.97 Å². The van der Waals surface area contributed by atoms with Gasteiger partial charge in [-0.2, -0.15) is 10.4 Å². The molecule has 0 radical (unpaired) electrons. The summed E-state index contributed by atoms with van der Waals surface area (Å²) < 4.78 is 5.23. The molecule has 1 aliphatic carbocycles. The second-order valence-electron chi connectivity index (χ2n) is 7.68. The van der Waals surface area contributed by atoms with Gasteiger partial charge in [-0.1, -0.05) is 0 Å². The second-order valence-corrected chi connectivity index (χ2v) is 8.78. The van der Waals surface area contributed by atoms with Crippen molar-refractivity contribution >= 4 is 45.3 Å². The van der Waals surface area contributed by atoms with Gasteiger partial charge in [0.1, 0.15) is 16.6 Å². The Morgan fingerprint density at radius 3 is 2.88 bits per heavy atom. The molecule has 3 heterocycles. The Kier molecular flexibility index (Phi) is 6.06. The number of anilines is 1. The van der Waals surface area contributed by atoms with Gasteiger partial charge in [0.15, 0.2) is 5.65 Å². The van der Waals surface area contributed by atoms with Crippen LogP contribution in [0, 0.1) is 25.2 Å². The summed E-state index contributed by atoms with van der Waals surface area (Å²) in [6, 6.07) is 3.88. The van der Waals surface area contributed by atoms with Crippen LogP contribution in [0.4, 0.5) is 5.00 Å². The number of aromatic nitrogens is 3. The first-order chi connectivity index (χ1) is 15.4. The molecule has 0 aliphatic heterocycles. The van der Waals surface area contributed by atoms with Crippen LogP contribution in [0.1, 0.15) is 57.5 Å². The Morgan fingerprint density at radius 1 is 1.34 bits per heavy atom. The average molecular weight is 450 g/mol. The van der Waals surface area contributed by atoms with Crippen molar-refractivity contribution in [3.8, 4) is 6.07 Å². The minimum absolute atomic E-state index is 0.100. The zero-order valence-electron chi connectivity index (χ0n) is 18.2. The number of thiophene rings is 1. The maximum atomic E-state index is 13.0. The minimum Gasteiger partial charge on any atom is -0.462 e. The molecule has 9 heteroatoms. The summed E-state index contributed by atoms with van der Waals surface area (Å²) in [4.78, 5) is 31.1. The molecule has 1 aliphatic rings. The second kappa shape index (κ2) is 8.93. The Hall–Kier alpha value is -3.51. The molecule has 0 atom stereocenters. The largest absolute Gasteiger partial charge is 0.462 e. The number of ether oxygens (including phenoxy) is 1. The van der Waals surface area contributed by atoms with Crippen LogP contribution in [-0.4, -0.2) is 33.7 Å². The third kappa shape index (κ3) is 4.01. The van der Waals surface area contributed by atoms with Gasteiger partial charge < -0.3 is 10.1 Å².